The van der Waals surface area contributed by atoms with Crippen LogP contribution in [0.25, 0.3) is 0 Å². The lowest BCUT2D eigenvalue weighted by molar-refractivity contribution is -0.139. The number of thiazole rings is 1. The molecular weight excluding hydrogens is 554 g/mol. The van der Waals surface area contributed by atoms with E-state index in [4.69, 9.17) is 9.84 Å². The molecular formula is C23H27F4N3O6S2. The zero-order chi connectivity index (χ0) is 28.1. The number of carboxylic acid groups (broad SMARTS) is 1. The molecule has 3 rings (SSSR count). The van der Waals surface area contributed by atoms with Gasteiger partial charge in [0.1, 0.15) is 10.0 Å². The highest BCUT2D eigenvalue weighted by Crippen LogP contribution is 2.33. The van der Waals surface area contributed by atoms with Crippen molar-refractivity contribution in [3.8, 4) is 0 Å². The number of hydrogen-bond donors (Lipinski definition) is 2. The van der Waals surface area contributed by atoms with Gasteiger partial charge >= 0.3 is 18.2 Å². The number of halogens is 4. The largest absolute Gasteiger partial charge is 0.480 e. The minimum absolute atomic E-state index is 0.0307. The van der Waals surface area contributed by atoms with Gasteiger partial charge in [0.15, 0.2) is 20.7 Å². The van der Waals surface area contributed by atoms with Crippen LogP contribution < -0.4 is 5.32 Å². The number of aliphatic carboxylic acids is 1. The minimum atomic E-state index is -4.75. The van der Waals surface area contributed by atoms with E-state index in [0.29, 0.717) is 36.2 Å². The van der Waals surface area contributed by atoms with Gasteiger partial charge in [0, 0.05) is 12.6 Å². The van der Waals surface area contributed by atoms with Gasteiger partial charge in [-0.3, -0.25) is 10.1 Å². The Morgan fingerprint density at radius 1 is 1.24 bits per heavy atom. The first-order chi connectivity index (χ1) is 17.8. The summed E-state index contributed by atoms with van der Waals surface area (Å²) in [6, 6.07) is 1.55. The van der Waals surface area contributed by atoms with Gasteiger partial charge in [-0.05, 0) is 49.3 Å². The molecule has 210 valence electrons. The first-order valence-electron chi connectivity index (χ1n) is 11.7. The molecule has 1 aromatic heterocycles. The number of amides is 2. The number of carbonyl (C=O) groups is 2. The number of carbonyl (C=O) groups excluding carboxylic acids is 1. The lowest BCUT2D eigenvalue weighted by Crippen LogP contribution is -2.46. The van der Waals surface area contributed by atoms with E-state index < -0.39 is 51.8 Å². The summed E-state index contributed by atoms with van der Waals surface area (Å²) in [5.74, 6) is -3.18. The van der Waals surface area contributed by atoms with E-state index in [-0.39, 0.29) is 34.1 Å². The standard InChI is InChI=1S/C23H27F4N3O6S2/c1-14-2-6-17(7-3-14)30(8-9-36-12-15-4-5-16(24)10-18(15)23(25,26)27)22(33)29-21-28-11-20(37-21)38(34,35)13-19(31)32/h4-5,10-11,14,17H,2-3,6-9,12-13H2,1H3,(H,31,32)(H,28,29,33). The molecule has 0 unspecified atom stereocenters. The maximum atomic E-state index is 13.3. The molecule has 1 aliphatic rings. The van der Waals surface area contributed by atoms with Crippen LogP contribution in [0, 0.1) is 11.7 Å². The number of nitrogens with one attached hydrogen (secondary N) is 1. The van der Waals surface area contributed by atoms with Crippen molar-refractivity contribution in [3.63, 3.8) is 0 Å². The third kappa shape index (κ3) is 8.11. The van der Waals surface area contributed by atoms with Crippen LogP contribution in [0.3, 0.4) is 0 Å². The summed E-state index contributed by atoms with van der Waals surface area (Å²) in [5.41, 5.74) is -1.37. The van der Waals surface area contributed by atoms with Gasteiger partial charge in [0.25, 0.3) is 0 Å². The molecule has 1 fully saturated rings. The van der Waals surface area contributed by atoms with Crippen LogP contribution in [0.5, 0.6) is 0 Å². The molecule has 38 heavy (non-hydrogen) atoms. The van der Waals surface area contributed by atoms with Gasteiger partial charge in [-0.15, -0.1) is 0 Å². The van der Waals surface area contributed by atoms with Crippen molar-refractivity contribution in [2.24, 2.45) is 5.92 Å². The minimum Gasteiger partial charge on any atom is -0.480 e. The number of benzene rings is 1. The average molecular weight is 582 g/mol. The van der Waals surface area contributed by atoms with Crippen LogP contribution in [-0.4, -0.2) is 60.4 Å². The van der Waals surface area contributed by atoms with Gasteiger partial charge < -0.3 is 14.7 Å². The number of rotatable bonds is 10. The molecule has 9 nitrogen and oxygen atoms in total. The molecule has 15 heteroatoms. The first kappa shape index (κ1) is 29.8. The number of carboxylic acids is 1. The highest BCUT2D eigenvalue weighted by Gasteiger charge is 2.34. The molecule has 0 bridgehead atoms. The molecule has 2 aromatic rings. The van der Waals surface area contributed by atoms with E-state index in [1.54, 1.807) is 0 Å². The van der Waals surface area contributed by atoms with Crippen molar-refractivity contribution >= 4 is 38.3 Å². The zero-order valence-corrected chi connectivity index (χ0v) is 22.0. The van der Waals surface area contributed by atoms with E-state index >= 15 is 0 Å². The maximum absolute atomic E-state index is 13.3. The monoisotopic (exact) mass is 581 g/mol. The molecule has 1 heterocycles. The number of hydrogen-bond acceptors (Lipinski definition) is 7. The van der Waals surface area contributed by atoms with Crippen LogP contribution in [0.1, 0.15) is 43.7 Å². The molecule has 0 spiro atoms. The second-order valence-corrected chi connectivity index (χ2v) is 12.3. The number of urea groups is 1. The summed E-state index contributed by atoms with van der Waals surface area (Å²) < 4.78 is 82.4. The van der Waals surface area contributed by atoms with Crippen molar-refractivity contribution < 1.29 is 45.4 Å². The van der Waals surface area contributed by atoms with E-state index in [1.807, 2.05) is 0 Å². The Hall–Kier alpha value is -2.78. The Kier molecular flexibility index (Phi) is 9.70. The second kappa shape index (κ2) is 12.4. The smallest absolute Gasteiger partial charge is 0.416 e. The van der Waals surface area contributed by atoms with Crippen molar-refractivity contribution in [1.29, 1.82) is 0 Å². The summed E-state index contributed by atoms with van der Waals surface area (Å²) in [7, 11) is -4.11. The molecule has 2 amide bonds. The van der Waals surface area contributed by atoms with Crippen LogP contribution in [0.15, 0.2) is 28.6 Å². The lowest BCUT2D eigenvalue weighted by atomic mass is 9.86. The van der Waals surface area contributed by atoms with Crippen LogP contribution in [0.2, 0.25) is 0 Å². The topological polar surface area (TPSA) is 126 Å². The van der Waals surface area contributed by atoms with Gasteiger partial charge in [0.2, 0.25) is 0 Å². The third-order valence-corrected chi connectivity index (χ3v) is 9.18. The third-order valence-electron chi connectivity index (χ3n) is 6.12. The Balaban J connectivity index is 1.67. The summed E-state index contributed by atoms with van der Waals surface area (Å²) >= 11 is 0.616. The molecule has 1 aromatic carbocycles. The normalized spacial score (nSPS) is 18.2. The fraction of sp³-hybridized carbons (Fsp3) is 0.522. The van der Waals surface area contributed by atoms with E-state index in [0.717, 1.165) is 31.2 Å². The number of sulfone groups is 1. The molecule has 0 saturated heterocycles. The Labute approximate surface area is 220 Å². The molecule has 1 aliphatic carbocycles. The highest BCUT2D eigenvalue weighted by molar-refractivity contribution is 7.94. The quantitative estimate of drug-likeness (QED) is 0.305. The van der Waals surface area contributed by atoms with E-state index in [9.17, 15) is 35.6 Å². The summed E-state index contributed by atoms with van der Waals surface area (Å²) in [5, 5.41) is 11.3. The number of ether oxygens (including phenoxy) is 1. The number of anilines is 1. The molecule has 2 N–H and O–H groups in total. The van der Waals surface area contributed by atoms with Crippen LogP contribution >= 0.6 is 11.3 Å². The van der Waals surface area contributed by atoms with E-state index in [2.05, 4.69) is 17.2 Å². The average Bonchev–Trinajstić information content (AvgIpc) is 3.29. The molecule has 0 atom stereocenters. The Morgan fingerprint density at radius 2 is 1.92 bits per heavy atom. The highest BCUT2D eigenvalue weighted by atomic mass is 32.2. The predicted molar refractivity (Wildman–Crippen MR) is 130 cm³/mol. The summed E-state index contributed by atoms with van der Waals surface area (Å²) in [6.07, 6.45) is -0.656. The summed E-state index contributed by atoms with van der Waals surface area (Å²) in [4.78, 5) is 29.3. The number of aromatic nitrogens is 1. The lowest BCUT2D eigenvalue weighted by Gasteiger charge is -2.36. The summed E-state index contributed by atoms with van der Waals surface area (Å²) in [6.45, 7) is 1.58. The van der Waals surface area contributed by atoms with Crippen molar-refractivity contribution in [3.05, 3.63) is 41.3 Å². The van der Waals surface area contributed by atoms with Crippen molar-refractivity contribution in [1.82, 2.24) is 9.88 Å². The number of alkyl halides is 3. The maximum Gasteiger partial charge on any atom is 0.416 e. The Bertz CT molecular complexity index is 1240. The molecule has 0 radical (unpaired) electrons. The van der Waals surface area contributed by atoms with Gasteiger partial charge in [-0.1, -0.05) is 24.3 Å². The van der Waals surface area contributed by atoms with Crippen molar-refractivity contribution in [2.45, 2.75) is 55.6 Å². The molecule has 0 aliphatic heterocycles. The fourth-order valence-electron chi connectivity index (χ4n) is 4.15. The van der Waals surface area contributed by atoms with Crippen LogP contribution in [-0.2, 0) is 32.2 Å². The van der Waals surface area contributed by atoms with Gasteiger partial charge in [-0.25, -0.2) is 22.6 Å². The molecule has 1 saturated carbocycles. The van der Waals surface area contributed by atoms with Crippen molar-refractivity contribution in [2.75, 3.05) is 24.2 Å². The SMILES string of the molecule is CC1CCC(N(CCOCc2ccc(F)cc2C(F)(F)F)C(=O)Nc2ncc(S(=O)(=O)CC(=O)O)s2)CC1. The van der Waals surface area contributed by atoms with E-state index in [1.165, 1.54) is 4.90 Å². The Morgan fingerprint density at radius 3 is 2.55 bits per heavy atom. The van der Waals surface area contributed by atoms with Gasteiger partial charge in [0.05, 0.1) is 25.0 Å². The second-order valence-electron chi connectivity index (χ2n) is 9.03. The fourth-order valence-corrected chi connectivity index (χ4v) is 6.29. The zero-order valence-electron chi connectivity index (χ0n) is 20.3. The number of nitrogens with zero attached hydrogens (tertiary/aromatic N) is 2. The van der Waals surface area contributed by atoms with Gasteiger partial charge in [-0.2, -0.15) is 13.2 Å². The predicted octanol–water partition coefficient (Wildman–Crippen LogP) is 4.79. The van der Waals surface area contributed by atoms with Crippen LogP contribution in [0.4, 0.5) is 27.5 Å². The first-order valence-corrected chi connectivity index (χ1v) is 14.1.